The van der Waals surface area contributed by atoms with E-state index in [0.717, 1.165) is 32.1 Å². The molecule has 0 spiro atoms. The Hall–Kier alpha value is -1.36. The van der Waals surface area contributed by atoms with Gasteiger partial charge in [-0.15, -0.1) is 0 Å². The molecule has 10 atom stereocenters. The Kier molecular flexibility index (Phi) is 7.59. The van der Waals surface area contributed by atoms with E-state index < -0.39 is 0 Å². The van der Waals surface area contributed by atoms with Crippen molar-refractivity contribution < 1.29 is 19.1 Å². The van der Waals surface area contributed by atoms with E-state index >= 15 is 0 Å². The Balaban J connectivity index is 1.42. The lowest BCUT2D eigenvalue weighted by molar-refractivity contribution is -0.152. The highest BCUT2D eigenvalue weighted by Crippen LogP contribution is 2.68. The van der Waals surface area contributed by atoms with Crippen LogP contribution >= 0.6 is 0 Å². The minimum absolute atomic E-state index is 0.0378. The first-order chi connectivity index (χ1) is 17.5. The van der Waals surface area contributed by atoms with Crippen molar-refractivity contribution in [2.45, 2.75) is 123 Å². The first-order valence-corrected chi connectivity index (χ1v) is 15.3. The standard InChI is InChI=1S/C32H51NO4/c1-20(28-10-8-7-9-17-33(28)6)30-29(37-22(3)35)19-27-25-12-11-23-18-24(36-21(2)34)13-15-31(23,4)26(25)14-16-32(27,30)5/h11,20,24-30H,7-10,12-19H2,1-6H3. The number of likely N-dealkylation sites (tertiary alicyclic amines) is 1. The predicted molar refractivity (Wildman–Crippen MR) is 146 cm³/mol. The minimum Gasteiger partial charge on any atom is -0.462 e. The quantitative estimate of drug-likeness (QED) is 0.315. The molecule has 0 N–H and O–H groups in total. The molecular formula is C32H51NO4. The smallest absolute Gasteiger partial charge is 0.302 e. The fraction of sp³-hybridized carbons (Fsp3) is 0.875. The summed E-state index contributed by atoms with van der Waals surface area (Å²) in [6.07, 6.45) is 15.5. The second kappa shape index (κ2) is 10.3. The number of carbonyl (C=O) groups excluding carboxylic acids is 2. The summed E-state index contributed by atoms with van der Waals surface area (Å²) in [6.45, 7) is 11.9. The molecule has 3 saturated carbocycles. The van der Waals surface area contributed by atoms with Crippen molar-refractivity contribution in [1.82, 2.24) is 4.90 Å². The van der Waals surface area contributed by atoms with Crippen molar-refractivity contribution in [3.8, 4) is 0 Å². The molecule has 0 bridgehead atoms. The molecule has 1 heterocycles. The zero-order valence-corrected chi connectivity index (χ0v) is 24.3. The molecule has 1 saturated heterocycles. The van der Waals surface area contributed by atoms with Crippen LogP contribution in [0.3, 0.4) is 0 Å². The van der Waals surface area contributed by atoms with E-state index in [-0.39, 0.29) is 35.0 Å². The molecule has 0 aromatic rings. The molecular weight excluding hydrogens is 462 g/mol. The van der Waals surface area contributed by atoms with Crippen LogP contribution in [0.5, 0.6) is 0 Å². The Morgan fingerprint density at radius 2 is 1.76 bits per heavy atom. The Bertz CT molecular complexity index is 914. The lowest BCUT2D eigenvalue weighted by Crippen LogP contribution is -2.52. The van der Waals surface area contributed by atoms with Crippen LogP contribution in [0.4, 0.5) is 0 Å². The summed E-state index contributed by atoms with van der Waals surface area (Å²) in [5.41, 5.74) is 1.96. The van der Waals surface area contributed by atoms with Gasteiger partial charge in [0.05, 0.1) is 0 Å². The summed E-state index contributed by atoms with van der Waals surface area (Å²) in [5, 5.41) is 0. The molecule has 0 aromatic carbocycles. The Morgan fingerprint density at radius 3 is 2.49 bits per heavy atom. The average molecular weight is 514 g/mol. The molecule has 10 unspecified atom stereocenters. The Labute approximate surface area is 225 Å². The highest BCUT2D eigenvalue weighted by Gasteiger charge is 2.63. The maximum Gasteiger partial charge on any atom is 0.302 e. The van der Waals surface area contributed by atoms with Gasteiger partial charge in [-0.05, 0) is 99.5 Å². The molecule has 37 heavy (non-hydrogen) atoms. The van der Waals surface area contributed by atoms with Gasteiger partial charge >= 0.3 is 11.9 Å². The van der Waals surface area contributed by atoms with Crippen LogP contribution < -0.4 is 0 Å². The minimum atomic E-state index is -0.154. The number of rotatable bonds is 4. The van der Waals surface area contributed by atoms with Crippen molar-refractivity contribution in [2.24, 2.45) is 40.4 Å². The maximum absolute atomic E-state index is 12.3. The molecule has 0 radical (unpaired) electrons. The van der Waals surface area contributed by atoms with E-state index in [1.54, 1.807) is 6.92 Å². The largest absolute Gasteiger partial charge is 0.462 e. The third-order valence-corrected chi connectivity index (χ3v) is 12.0. The zero-order valence-electron chi connectivity index (χ0n) is 24.3. The summed E-state index contributed by atoms with van der Waals surface area (Å²) >= 11 is 0. The van der Waals surface area contributed by atoms with Crippen molar-refractivity contribution in [2.75, 3.05) is 13.6 Å². The van der Waals surface area contributed by atoms with Crippen LogP contribution in [0.25, 0.3) is 0 Å². The first-order valence-electron chi connectivity index (χ1n) is 15.3. The second-order valence-corrected chi connectivity index (χ2v) is 13.9. The molecule has 4 fully saturated rings. The van der Waals surface area contributed by atoms with Gasteiger partial charge < -0.3 is 14.4 Å². The molecule has 0 amide bonds. The van der Waals surface area contributed by atoms with Crippen molar-refractivity contribution in [3.05, 3.63) is 11.6 Å². The fourth-order valence-electron chi connectivity index (χ4n) is 10.4. The predicted octanol–water partition coefficient (Wildman–Crippen LogP) is 6.55. The summed E-state index contributed by atoms with van der Waals surface area (Å²) in [7, 11) is 2.32. The number of allylic oxidation sites excluding steroid dienone is 1. The summed E-state index contributed by atoms with van der Waals surface area (Å²) in [6, 6.07) is 0.575. The molecule has 0 aromatic heterocycles. The molecule has 5 aliphatic rings. The molecule has 208 valence electrons. The van der Waals surface area contributed by atoms with E-state index in [0.29, 0.717) is 35.6 Å². The van der Waals surface area contributed by atoms with Gasteiger partial charge in [0.1, 0.15) is 12.2 Å². The van der Waals surface area contributed by atoms with Gasteiger partial charge in [0.15, 0.2) is 0 Å². The van der Waals surface area contributed by atoms with Crippen molar-refractivity contribution >= 4 is 11.9 Å². The van der Waals surface area contributed by atoms with Crippen molar-refractivity contribution in [1.29, 1.82) is 0 Å². The van der Waals surface area contributed by atoms with E-state index in [9.17, 15) is 9.59 Å². The molecule has 4 aliphatic carbocycles. The highest BCUT2D eigenvalue weighted by atomic mass is 16.5. The van der Waals surface area contributed by atoms with Crippen LogP contribution in [0.1, 0.15) is 105 Å². The van der Waals surface area contributed by atoms with Crippen LogP contribution in [0.15, 0.2) is 11.6 Å². The molecule has 5 nitrogen and oxygen atoms in total. The maximum atomic E-state index is 12.3. The lowest BCUT2D eigenvalue weighted by atomic mass is 9.47. The number of esters is 2. The zero-order chi connectivity index (χ0) is 26.5. The average Bonchev–Trinajstić information content (AvgIpc) is 2.95. The number of nitrogens with zero attached hydrogens (tertiary/aromatic N) is 1. The van der Waals surface area contributed by atoms with Gasteiger partial charge in [0, 0.05) is 32.2 Å². The van der Waals surface area contributed by atoms with Gasteiger partial charge in [0.25, 0.3) is 0 Å². The third kappa shape index (κ3) is 4.80. The number of hydrogen-bond acceptors (Lipinski definition) is 5. The normalized spacial score (nSPS) is 44.9. The van der Waals surface area contributed by atoms with E-state index in [2.05, 4.69) is 38.8 Å². The summed E-state index contributed by atoms with van der Waals surface area (Å²) in [4.78, 5) is 26.5. The Morgan fingerprint density at radius 1 is 1.00 bits per heavy atom. The lowest BCUT2D eigenvalue weighted by Gasteiger charge is -2.58. The van der Waals surface area contributed by atoms with Gasteiger partial charge in [-0.3, -0.25) is 9.59 Å². The monoisotopic (exact) mass is 513 g/mol. The summed E-state index contributed by atoms with van der Waals surface area (Å²) in [5.74, 6) is 2.60. The van der Waals surface area contributed by atoms with Gasteiger partial charge in [-0.2, -0.15) is 0 Å². The highest BCUT2D eigenvalue weighted by molar-refractivity contribution is 5.66. The van der Waals surface area contributed by atoms with E-state index in [4.69, 9.17) is 9.47 Å². The number of fused-ring (bicyclic) bond motifs is 5. The van der Waals surface area contributed by atoms with Crippen LogP contribution in [-0.4, -0.2) is 48.7 Å². The van der Waals surface area contributed by atoms with Crippen LogP contribution in [-0.2, 0) is 19.1 Å². The van der Waals surface area contributed by atoms with Gasteiger partial charge in [-0.25, -0.2) is 0 Å². The van der Waals surface area contributed by atoms with Gasteiger partial charge in [-0.1, -0.05) is 45.3 Å². The van der Waals surface area contributed by atoms with Crippen LogP contribution in [0, 0.1) is 40.4 Å². The topological polar surface area (TPSA) is 55.8 Å². The van der Waals surface area contributed by atoms with Crippen LogP contribution in [0.2, 0.25) is 0 Å². The van der Waals surface area contributed by atoms with E-state index in [1.165, 1.54) is 57.6 Å². The van der Waals surface area contributed by atoms with E-state index in [1.807, 2.05) is 0 Å². The first kappa shape index (κ1) is 27.2. The number of ether oxygens (including phenoxy) is 2. The SMILES string of the molecule is CC(=O)OC1CCC2(C)C(=CCC3C2CCC2(C)C3CC(OC(C)=O)C2C(C)C2CCCCCN2C)C1. The fourth-order valence-corrected chi connectivity index (χ4v) is 10.4. The summed E-state index contributed by atoms with van der Waals surface area (Å²) < 4.78 is 11.8. The van der Waals surface area contributed by atoms with Crippen molar-refractivity contribution in [3.63, 3.8) is 0 Å². The number of hydrogen-bond donors (Lipinski definition) is 0. The number of carbonyl (C=O) groups is 2. The molecule has 5 heteroatoms. The second-order valence-electron chi connectivity index (χ2n) is 13.9. The molecule has 5 rings (SSSR count). The third-order valence-electron chi connectivity index (χ3n) is 12.0. The van der Waals surface area contributed by atoms with Gasteiger partial charge in [0.2, 0.25) is 0 Å². The molecule has 1 aliphatic heterocycles.